The van der Waals surface area contributed by atoms with Gasteiger partial charge in [0.25, 0.3) is 0 Å². The first-order valence-electron chi connectivity index (χ1n) is 8.01. The van der Waals surface area contributed by atoms with Crippen molar-refractivity contribution >= 4 is 32.9 Å². The van der Waals surface area contributed by atoms with Gasteiger partial charge in [0.1, 0.15) is 5.60 Å². The Labute approximate surface area is 145 Å². The van der Waals surface area contributed by atoms with Gasteiger partial charge in [0.15, 0.2) is 0 Å². The third kappa shape index (κ3) is 3.55. The van der Waals surface area contributed by atoms with Crippen LogP contribution in [0, 0.1) is 5.92 Å². The number of hydrogen-bond donors (Lipinski definition) is 1. The largest absolute Gasteiger partial charge is 0.444 e. The molecular formula is C18H23BrN2O2. The number of fused-ring (bicyclic) bond motifs is 1. The minimum atomic E-state index is -0.473. The maximum absolute atomic E-state index is 12.5. The second kappa shape index (κ2) is 5.86. The smallest absolute Gasteiger partial charge is 0.410 e. The third-order valence-corrected chi connectivity index (χ3v) is 4.60. The number of carbonyl (C=O) groups excluding carboxylic acids is 1. The number of hydrogen-bond acceptors (Lipinski definition) is 2. The molecule has 1 aromatic carbocycles. The van der Waals surface area contributed by atoms with Crippen LogP contribution in [-0.4, -0.2) is 28.1 Å². The molecule has 1 N–H and O–H groups in total. The molecule has 23 heavy (non-hydrogen) atoms. The van der Waals surface area contributed by atoms with E-state index in [2.05, 4.69) is 46.0 Å². The molecule has 4 nitrogen and oxygen atoms in total. The average molecular weight is 379 g/mol. The zero-order chi connectivity index (χ0) is 16.8. The summed E-state index contributed by atoms with van der Waals surface area (Å²) in [6, 6.07) is 8.36. The fraction of sp³-hybridized carbons (Fsp3) is 0.500. The molecule has 1 amide bonds. The van der Waals surface area contributed by atoms with Gasteiger partial charge in [-0.1, -0.05) is 28.9 Å². The molecule has 0 radical (unpaired) electrons. The number of amides is 1. The van der Waals surface area contributed by atoms with Gasteiger partial charge in [0.05, 0.1) is 6.04 Å². The quantitative estimate of drug-likeness (QED) is 0.736. The standard InChI is InChI=1S/C18H23BrN2O2/c1-11-7-16(21(10-11)17(22)23-18(2,3)4)15-8-12-5-6-13(19)9-14(12)20-15/h5-6,8-9,11,16,20H,7,10H2,1-4H3/t11-,16-/m0/s1. The Morgan fingerprint density at radius 1 is 1.35 bits per heavy atom. The Kier molecular flexibility index (Phi) is 4.17. The predicted molar refractivity (Wildman–Crippen MR) is 95.5 cm³/mol. The molecule has 0 aliphatic carbocycles. The van der Waals surface area contributed by atoms with E-state index in [0.29, 0.717) is 5.92 Å². The SMILES string of the molecule is C[C@H]1C[C@@H](c2cc3ccc(Br)cc3[nH]2)N(C(=O)OC(C)(C)C)C1. The normalized spacial score (nSPS) is 21.9. The van der Waals surface area contributed by atoms with E-state index >= 15 is 0 Å². The Hall–Kier alpha value is -1.49. The summed E-state index contributed by atoms with van der Waals surface area (Å²) in [5.74, 6) is 0.464. The van der Waals surface area contributed by atoms with Crippen molar-refractivity contribution in [2.24, 2.45) is 5.92 Å². The van der Waals surface area contributed by atoms with Crippen molar-refractivity contribution in [1.82, 2.24) is 9.88 Å². The van der Waals surface area contributed by atoms with E-state index in [1.54, 1.807) is 0 Å². The van der Waals surface area contributed by atoms with Crippen molar-refractivity contribution in [3.05, 3.63) is 34.4 Å². The molecule has 5 heteroatoms. The summed E-state index contributed by atoms with van der Waals surface area (Å²) in [6.07, 6.45) is 0.722. The molecule has 2 atom stereocenters. The van der Waals surface area contributed by atoms with E-state index < -0.39 is 5.60 Å². The summed E-state index contributed by atoms with van der Waals surface area (Å²) in [5, 5.41) is 1.16. The number of likely N-dealkylation sites (tertiary alicyclic amines) is 1. The zero-order valence-corrected chi connectivity index (χ0v) is 15.6. The molecule has 3 rings (SSSR count). The van der Waals surface area contributed by atoms with Gasteiger partial charge in [0, 0.05) is 22.2 Å². The fourth-order valence-corrected chi connectivity index (χ4v) is 3.53. The fourth-order valence-electron chi connectivity index (χ4n) is 3.16. The van der Waals surface area contributed by atoms with Gasteiger partial charge in [0.2, 0.25) is 0 Å². The average Bonchev–Trinajstić information content (AvgIpc) is 2.99. The molecule has 1 aromatic heterocycles. The monoisotopic (exact) mass is 378 g/mol. The van der Waals surface area contributed by atoms with E-state index in [1.807, 2.05) is 31.7 Å². The van der Waals surface area contributed by atoms with Crippen LogP contribution in [0.5, 0.6) is 0 Å². The van der Waals surface area contributed by atoms with Crippen LogP contribution in [-0.2, 0) is 4.74 Å². The van der Waals surface area contributed by atoms with Gasteiger partial charge < -0.3 is 9.72 Å². The summed E-state index contributed by atoms with van der Waals surface area (Å²) in [5.41, 5.74) is 1.69. The molecule has 2 aromatic rings. The highest BCUT2D eigenvalue weighted by Crippen LogP contribution is 2.37. The number of aromatic nitrogens is 1. The van der Waals surface area contributed by atoms with Crippen molar-refractivity contribution in [3.8, 4) is 0 Å². The van der Waals surface area contributed by atoms with Crippen LogP contribution < -0.4 is 0 Å². The number of nitrogens with zero attached hydrogens (tertiary/aromatic N) is 1. The van der Waals surface area contributed by atoms with Gasteiger partial charge in [-0.15, -0.1) is 0 Å². The minimum Gasteiger partial charge on any atom is -0.444 e. The summed E-state index contributed by atoms with van der Waals surface area (Å²) in [7, 11) is 0. The molecule has 1 fully saturated rings. The van der Waals surface area contributed by atoms with Crippen molar-refractivity contribution in [3.63, 3.8) is 0 Å². The molecule has 1 saturated heterocycles. The van der Waals surface area contributed by atoms with Crippen LogP contribution >= 0.6 is 15.9 Å². The molecule has 1 aliphatic heterocycles. The van der Waals surface area contributed by atoms with Crippen LogP contribution in [0.2, 0.25) is 0 Å². The summed E-state index contributed by atoms with van der Waals surface area (Å²) in [4.78, 5) is 17.9. The van der Waals surface area contributed by atoms with Crippen molar-refractivity contribution < 1.29 is 9.53 Å². The van der Waals surface area contributed by atoms with Gasteiger partial charge in [-0.05, 0) is 56.7 Å². The number of benzene rings is 1. The Morgan fingerprint density at radius 3 is 2.78 bits per heavy atom. The lowest BCUT2D eigenvalue weighted by Gasteiger charge is -2.28. The second-order valence-electron chi connectivity index (χ2n) is 7.45. The lowest BCUT2D eigenvalue weighted by molar-refractivity contribution is 0.0218. The van der Waals surface area contributed by atoms with Crippen LogP contribution in [0.25, 0.3) is 10.9 Å². The Balaban J connectivity index is 1.90. The van der Waals surface area contributed by atoms with Gasteiger partial charge in [-0.2, -0.15) is 0 Å². The van der Waals surface area contributed by atoms with Crippen molar-refractivity contribution in [2.75, 3.05) is 6.54 Å². The van der Waals surface area contributed by atoms with Gasteiger partial charge in [-0.3, -0.25) is 4.90 Å². The van der Waals surface area contributed by atoms with Crippen molar-refractivity contribution in [2.45, 2.75) is 45.8 Å². The zero-order valence-electron chi connectivity index (χ0n) is 14.0. The number of aromatic amines is 1. The van der Waals surface area contributed by atoms with E-state index in [9.17, 15) is 4.79 Å². The van der Waals surface area contributed by atoms with E-state index in [1.165, 1.54) is 0 Å². The van der Waals surface area contributed by atoms with Crippen LogP contribution in [0.15, 0.2) is 28.7 Å². The van der Waals surface area contributed by atoms with Crippen LogP contribution in [0.1, 0.15) is 45.9 Å². The number of nitrogens with one attached hydrogen (secondary N) is 1. The number of rotatable bonds is 1. The third-order valence-electron chi connectivity index (χ3n) is 4.10. The number of H-pyrrole nitrogens is 1. The molecule has 0 saturated carbocycles. The molecule has 0 unspecified atom stereocenters. The summed E-state index contributed by atoms with van der Waals surface area (Å²) >= 11 is 3.50. The molecule has 124 valence electrons. The molecular weight excluding hydrogens is 356 g/mol. The summed E-state index contributed by atoms with van der Waals surface area (Å²) in [6.45, 7) is 8.62. The maximum Gasteiger partial charge on any atom is 0.410 e. The first kappa shape index (κ1) is 16.4. The van der Waals surface area contributed by atoms with E-state index in [4.69, 9.17) is 4.74 Å². The van der Waals surface area contributed by atoms with Gasteiger partial charge in [-0.25, -0.2) is 4.79 Å². The molecule has 2 heterocycles. The number of carbonyl (C=O) groups is 1. The minimum absolute atomic E-state index is 0.0472. The highest BCUT2D eigenvalue weighted by atomic mass is 79.9. The number of ether oxygens (including phenoxy) is 1. The lowest BCUT2D eigenvalue weighted by Crippen LogP contribution is -2.36. The van der Waals surface area contributed by atoms with E-state index in [-0.39, 0.29) is 12.1 Å². The van der Waals surface area contributed by atoms with Crippen LogP contribution in [0.3, 0.4) is 0 Å². The maximum atomic E-state index is 12.5. The van der Waals surface area contributed by atoms with Gasteiger partial charge >= 0.3 is 6.09 Å². The number of halogens is 1. The topological polar surface area (TPSA) is 45.3 Å². The second-order valence-corrected chi connectivity index (χ2v) is 8.36. The lowest BCUT2D eigenvalue weighted by atomic mass is 10.1. The Morgan fingerprint density at radius 2 is 2.09 bits per heavy atom. The summed E-state index contributed by atoms with van der Waals surface area (Å²) < 4.78 is 6.62. The van der Waals surface area contributed by atoms with Crippen molar-refractivity contribution in [1.29, 1.82) is 0 Å². The highest BCUT2D eigenvalue weighted by Gasteiger charge is 2.37. The molecule has 0 bridgehead atoms. The van der Waals surface area contributed by atoms with Crippen LogP contribution in [0.4, 0.5) is 4.79 Å². The first-order chi connectivity index (χ1) is 10.7. The molecule has 0 spiro atoms. The van der Waals surface area contributed by atoms with E-state index in [0.717, 1.165) is 34.0 Å². The first-order valence-corrected chi connectivity index (χ1v) is 8.80. The highest BCUT2D eigenvalue weighted by molar-refractivity contribution is 9.10. The predicted octanol–water partition coefficient (Wildman–Crippen LogP) is 5.25. The Bertz CT molecular complexity index is 732. The molecule has 1 aliphatic rings.